The van der Waals surface area contributed by atoms with Crippen molar-refractivity contribution >= 4 is 23.3 Å². The third kappa shape index (κ3) is 5.33. The second-order valence-corrected chi connectivity index (χ2v) is 4.84. The molecule has 1 amide bonds. The molecule has 6 heteroatoms. The Labute approximate surface area is 125 Å². The first-order valence-corrected chi connectivity index (χ1v) is 6.96. The summed E-state index contributed by atoms with van der Waals surface area (Å²) in [6.45, 7) is 2.74. The molecule has 0 atom stereocenters. The number of anilines is 2. The number of hydrogen-bond acceptors (Lipinski definition) is 5. The van der Waals surface area contributed by atoms with Gasteiger partial charge in [-0.05, 0) is 31.5 Å². The van der Waals surface area contributed by atoms with Gasteiger partial charge in [0.1, 0.15) is 0 Å². The normalized spacial score (nSPS) is 10.0. The quantitative estimate of drug-likeness (QED) is 0.454. The molecule has 0 spiro atoms. The van der Waals surface area contributed by atoms with Crippen molar-refractivity contribution in [3.8, 4) is 0 Å². The monoisotopic (exact) mass is 293 g/mol. The van der Waals surface area contributed by atoms with Crippen LogP contribution in [0.15, 0.2) is 18.2 Å². The number of amides is 1. The van der Waals surface area contributed by atoms with Crippen molar-refractivity contribution in [2.75, 3.05) is 38.3 Å². The Morgan fingerprint density at radius 1 is 1.33 bits per heavy atom. The first-order chi connectivity index (χ1) is 9.95. The van der Waals surface area contributed by atoms with Crippen LogP contribution in [0.4, 0.5) is 11.4 Å². The van der Waals surface area contributed by atoms with E-state index in [0.29, 0.717) is 42.9 Å². The van der Waals surface area contributed by atoms with E-state index in [1.807, 2.05) is 0 Å². The smallest absolute Gasteiger partial charge is 0.305 e. The van der Waals surface area contributed by atoms with E-state index in [-0.39, 0.29) is 11.9 Å². The van der Waals surface area contributed by atoms with Crippen LogP contribution in [0.25, 0.3) is 0 Å². The number of nitrogens with one attached hydrogen (secondary N) is 1. The van der Waals surface area contributed by atoms with E-state index in [2.05, 4.69) is 5.32 Å². The summed E-state index contributed by atoms with van der Waals surface area (Å²) in [5, 5.41) is 3.15. The second-order valence-electron chi connectivity index (χ2n) is 4.84. The standard InChI is InChI=1S/C15H23N3O3/c1-4-21-14(19)6-5-9-17-13-10-11(16)7-8-12(13)15(20)18(2)3/h7-8,10,17H,4-6,9,16H2,1-3H3. The molecular formula is C15H23N3O3. The number of esters is 1. The van der Waals surface area contributed by atoms with Gasteiger partial charge in [-0.3, -0.25) is 9.59 Å². The third-order valence-corrected chi connectivity index (χ3v) is 2.86. The van der Waals surface area contributed by atoms with Crippen molar-refractivity contribution in [3.63, 3.8) is 0 Å². The molecule has 0 bridgehead atoms. The molecule has 0 aromatic heterocycles. The lowest BCUT2D eigenvalue weighted by Crippen LogP contribution is -2.23. The summed E-state index contributed by atoms with van der Waals surface area (Å²) in [7, 11) is 3.40. The highest BCUT2D eigenvalue weighted by Gasteiger charge is 2.13. The molecule has 3 N–H and O–H groups in total. The van der Waals surface area contributed by atoms with Crippen LogP contribution in [-0.2, 0) is 9.53 Å². The van der Waals surface area contributed by atoms with Crippen LogP contribution in [0.1, 0.15) is 30.1 Å². The Kier molecular flexibility index (Phi) is 6.52. The fraction of sp³-hybridized carbons (Fsp3) is 0.467. The average molecular weight is 293 g/mol. The van der Waals surface area contributed by atoms with Crippen LogP contribution in [0.3, 0.4) is 0 Å². The Hall–Kier alpha value is -2.24. The average Bonchev–Trinajstić information content (AvgIpc) is 2.43. The molecule has 0 aliphatic carbocycles. The van der Waals surface area contributed by atoms with Gasteiger partial charge in [-0.25, -0.2) is 0 Å². The van der Waals surface area contributed by atoms with E-state index in [4.69, 9.17) is 10.5 Å². The molecule has 0 unspecified atom stereocenters. The van der Waals surface area contributed by atoms with Crippen molar-refractivity contribution in [1.82, 2.24) is 4.90 Å². The number of rotatable bonds is 7. The van der Waals surface area contributed by atoms with E-state index in [9.17, 15) is 9.59 Å². The maximum atomic E-state index is 12.1. The minimum absolute atomic E-state index is 0.0945. The van der Waals surface area contributed by atoms with Crippen molar-refractivity contribution in [2.45, 2.75) is 19.8 Å². The lowest BCUT2D eigenvalue weighted by molar-refractivity contribution is -0.143. The fourth-order valence-corrected chi connectivity index (χ4v) is 1.82. The van der Waals surface area contributed by atoms with Gasteiger partial charge in [0, 0.05) is 38.4 Å². The number of nitrogens with two attached hydrogens (primary N) is 1. The lowest BCUT2D eigenvalue weighted by Gasteiger charge is -2.16. The van der Waals surface area contributed by atoms with Crippen LogP contribution >= 0.6 is 0 Å². The van der Waals surface area contributed by atoms with E-state index in [1.54, 1.807) is 39.2 Å². The molecule has 0 saturated heterocycles. The highest BCUT2D eigenvalue weighted by atomic mass is 16.5. The van der Waals surface area contributed by atoms with Crippen molar-refractivity contribution in [3.05, 3.63) is 23.8 Å². The molecule has 21 heavy (non-hydrogen) atoms. The highest BCUT2D eigenvalue weighted by Crippen LogP contribution is 2.20. The first kappa shape index (κ1) is 16.8. The third-order valence-electron chi connectivity index (χ3n) is 2.86. The highest BCUT2D eigenvalue weighted by molar-refractivity contribution is 6.00. The maximum Gasteiger partial charge on any atom is 0.305 e. The predicted octanol–water partition coefficient (Wildman–Crippen LogP) is 1.73. The van der Waals surface area contributed by atoms with E-state index in [0.717, 1.165) is 0 Å². The molecule has 1 aromatic rings. The molecule has 0 fully saturated rings. The van der Waals surface area contributed by atoms with E-state index >= 15 is 0 Å². The van der Waals surface area contributed by atoms with Crippen LogP contribution < -0.4 is 11.1 Å². The Bertz CT molecular complexity index is 501. The summed E-state index contributed by atoms with van der Waals surface area (Å²) in [5.74, 6) is -0.306. The summed E-state index contributed by atoms with van der Waals surface area (Å²) in [6, 6.07) is 5.12. The number of benzene rings is 1. The summed E-state index contributed by atoms with van der Waals surface area (Å²) < 4.78 is 4.86. The number of hydrogen-bond donors (Lipinski definition) is 2. The minimum atomic E-state index is -0.212. The SMILES string of the molecule is CCOC(=O)CCCNc1cc(N)ccc1C(=O)N(C)C. The number of ether oxygens (including phenoxy) is 1. The van der Waals surface area contributed by atoms with Crippen molar-refractivity contribution in [1.29, 1.82) is 0 Å². The zero-order chi connectivity index (χ0) is 15.8. The summed E-state index contributed by atoms with van der Waals surface area (Å²) in [5.41, 5.74) is 7.58. The predicted molar refractivity (Wildman–Crippen MR) is 83.2 cm³/mol. The summed E-state index contributed by atoms with van der Waals surface area (Å²) in [4.78, 5) is 24.8. The van der Waals surface area contributed by atoms with Crippen LogP contribution in [0.2, 0.25) is 0 Å². The zero-order valence-corrected chi connectivity index (χ0v) is 12.8. The van der Waals surface area contributed by atoms with Crippen molar-refractivity contribution in [2.24, 2.45) is 0 Å². The maximum absolute atomic E-state index is 12.1. The number of nitrogen functional groups attached to an aromatic ring is 1. The van der Waals surface area contributed by atoms with Gasteiger partial charge in [-0.15, -0.1) is 0 Å². The number of nitrogens with zero attached hydrogens (tertiary/aromatic N) is 1. The van der Waals surface area contributed by atoms with Gasteiger partial charge in [0.25, 0.3) is 5.91 Å². The first-order valence-electron chi connectivity index (χ1n) is 6.96. The van der Waals surface area contributed by atoms with E-state index in [1.165, 1.54) is 4.90 Å². The summed E-state index contributed by atoms with van der Waals surface area (Å²) >= 11 is 0. The fourth-order valence-electron chi connectivity index (χ4n) is 1.82. The molecule has 1 rings (SSSR count). The molecule has 0 aliphatic heterocycles. The number of carbonyl (C=O) groups excluding carboxylic acids is 2. The Balaban J connectivity index is 2.63. The van der Waals surface area contributed by atoms with Gasteiger partial charge < -0.3 is 20.7 Å². The molecule has 0 radical (unpaired) electrons. The Morgan fingerprint density at radius 2 is 2.05 bits per heavy atom. The lowest BCUT2D eigenvalue weighted by atomic mass is 10.1. The van der Waals surface area contributed by atoms with Crippen LogP contribution in [0.5, 0.6) is 0 Å². The molecule has 0 heterocycles. The van der Waals surface area contributed by atoms with Gasteiger partial charge in [0.15, 0.2) is 0 Å². The Morgan fingerprint density at radius 3 is 2.67 bits per heavy atom. The molecule has 116 valence electrons. The topological polar surface area (TPSA) is 84.7 Å². The molecule has 0 saturated carbocycles. The van der Waals surface area contributed by atoms with E-state index < -0.39 is 0 Å². The molecule has 6 nitrogen and oxygen atoms in total. The van der Waals surface area contributed by atoms with Gasteiger partial charge >= 0.3 is 5.97 Å². The van der Waals surface area contributed by atoms with Gasteiger partial charge in [-0.1, -0.05) is 0 Å². The van der Waals surface area contributed by atoms with Gasteiger partial charge in [0.05, 0.1) is 12.2 Å². The van der Waals surface area contributed by atoms with Crippen LogP contribution in [0, 0.1) is 0 Å². The largest absolute Gasteiger partial charge is 0.466 e. The van der Waals surface area contributed by atoms with Gasteiger partial charge in [-0.2, -0.15) is 0 Å². The second kappa shape index (κ2) is 8.14. The van der Waals surface area contributed by atoms with Gasteiger partial charge in [0.2, 0.25) is 0 Å². The van der Waals surface area contributed by atoms with Crippen molar-refractivity contribution < 1.29 is 14.3 Å². The summed E-state index contributed by atoms with van der Waals surface area (Å²) in [6.07, 6.45) is 0.976. The number of carbonyl (C=O) groups is 2. The zero-order valence-electron chi connectivity index (χ0n) is 12.8. The molecule has 1 aromatic carbocycles. The molecule has 0 aliphatic rings. The molecular weight excluding hydrogens is 270 g/mol. The van der Waals surface area contributed by atoms with Crippen LogP contribution in [-0.4, -0.2) is 44.0 Å². The minimum Gasteiger partial charge on any atom is -0.466 e.